The number of rotatable bonds is 4. The Kier molecular flexibility index (Phi) is 5.69. The van der Waals surface area contributed by atoms with E-state index in [0.29, 0.717) is 41.2 Å². The molecule has 1 heterocycles. The van der Waals surface area contributed by atoms with Crippen molar-refractivity contribution in [3.63, 3.8) is 0 Å². The zero-order chi connectivity index (χ0) is 16.3. The molecule has 120 valence electrons. The molecule has 5 nitrogen and oxygen atoms in total. The van der Waals surface area contributed by atoms with Crippen molar-refractivity contribution in [3.8, 4) is 5.75 Å². The molecular weight excluding hydrogens is 374 g/mol. The normalized spacial score (nSPS) is 17.1. The monoisotopic (exact) mass is 389 g/mol. The number of carboxylic acids is 1. The Morgan fingerprint density at radius 2 is 2.05 bits per heavy atom. The Morgan fingerprint density at radius 1 is 1.41 bits per heavy atom. The van der Waals surface area contributed by atoms with Crippen molar-refractivity contribution in [3.05, 3.63) is 27.7 Å². The summed E-state index contributed by atoms with van der Waals surface area (Å²) in [4.78, 5) is 25.0. The fourth-order valence-corrected chi connectivity index (χ4v) is 3.19. The Morgan fingerprint density at radius 3 is 2.59 bits per heavy atom. The molecule has 2 rings (SSSR count). The first-order chi connectivity index (χ1) is 10.4. The highest BCUT2D eigenvalue weighted by Gasteiger charge is 2.30. The lowest BCUT2D eigenvalue weighted by Gasteiger charge is -2.32. The number of piperidine rings is 1. The summed E-state index contributed by atoms with van der Waals surface area (Å²) in [5.74, 6) is -0.733. The van der Waals surface area contributed by atoms with Gasteiger partial charge in [-0.2, -0.15) is 0 Å². The number of hydrogen-bond acceptors (Lipinski definition) is 3. The Labute approximate surface area is 142 Å². The predicted molar refractivity (Wildman–Crippen MR) is 86.2 cm³/mol. The second-order valence-corrected chi connectivity index (χ2v) is 6.56. The third kappa shape index (κ3) is 4.14. The van der Waals surface area contributed by atoms with E-state index in [-0.39, 0.29) is 11.8 Å². The fraction of sp³-hybridized carbons (Fsp3) is 0.467. The lowest BCUT2D eigenvalue weighted by Crippen LogP contribution is -2.45. The standard InChI is InChI=1S/C15H17BrClNO4/c1-9(22-13-3-2-11(17)8-12(13)16)14(19)18-6-4-10(5-7-18)15(20)21/h2-3,8-10H,4-7H2,1H3,(H,20,21)/t9-/m0/s1. The minimum absolute atomic E-state index is 0.134. The van der Waals surface area contributed by atoms with Gasteiger partial charge in [0, 0.05) is 18.1 Å². The van der Waals surface area contributed by atoms with Crippen LogP contribution < -0.4 is 4.74 Å². The highest BCUT2D eigenvalue weighted by molar-refractivity contribution is 9.10. The lowest BCUT2D eigenvalue weighted by atomic mass is 9.97. The summed E-state index contributed by atoms with van der Waals surface area (Å²) >= 11 is 9.21. The minimum atomic E-state index is -0.790. The van der Waals surface area contributed by atoms with E-state index in [4.69, 9.17) is 21.4 Å². The van der Waals surface area contributed by atoms with Gasteiger partial charge in [-0.25, -0.2) is 0 Å². The Bertz CT molecular complexity index is 573. The van der Waals surface area contributed by atoms with E-state index in [9.17, 15) is 9.59 Å². The molecule has 22 heavy (non-hydrogen) atoms. The summed E-state index contributed by atoms with van der Waals surface area (Å²) < 4.78 is 6.36. The van der Waals surface area contributed by atoms with Gasteiger partial charge in [-0.05, 0) is 53.9 Å². The molecular formula is C15H17BrClNO4. The number of halogens is 2. The number of benzene rings is 1. The van der Waals surface area contributed by atoms with Crippen molar-refractivity contribution in [2.45, 2.75) is 25.9 Å². The maximum atomic E-state index is 12.4. The van der Waals surface area contributed by atoms with Crippen LogP contribution in [0, 0.1) is 5.92 Å². The van der Waals surface area contributed by atoms with Gasteiger partial charge in [-0.1, -0.05) is 11.6 Å². The number of likely N-dealkylation sites (tertiary alicyclic amines) is 1. The van der Waals surface area contributed by atoms with Crippen LogP contribution in [-0.2, 0) is 9.59 Å². The zero-order valence-electron chi connectivity index (χ0n) is 12.1. The molecule has 1 aromatic carbocycles. The molecule has 1 amide bonds. The maximum absolute atomic E-state index is 12.4. The number of amides is 1. The van der Waals surface area contributed by atoms with Crippen molar-refractivity contribution < 1.29 is 19.4 Å². The first-order valence-corrected chi connectivity index (χ1v) is 8.19. The summed E-state index contributed by atoms with van der Waals surface area (Å²) in [6, 6.07) is 5.09. The van der Waals surface area contributed by atoms with Crippen LogP contribution in [0.1, 0.15) is 19.8 Å². The van der Waals surface area contributed by atoms with Gasteiger partial charge < -0.3 is 14.7 Å². The quantitative estimate of drug-likeness (QED) is 0.857. The Hall–Kier alpha value is -1.27. The summed E-state index contributed by atoms with van der Waals surface area (Å²) in [5.41, 5.74) is 0. The van der Waals surface area contributed by atoms with E-state index in [1.807, 2.05) is 0 Å². The van der Waals surface area contributed by atoms with Crippen LogP contribution in [0.4, 0.5) is 0 Å². The fourth-order valence-electron chi connectivity index (χ4n) is 2.42. The van der Waals surface area contributed by atoms with E-state index < -0.39 is 12.1 Å². The zero-order valence-corrected chi connectivity index (χ0v) is 14.4. The highest BCUT2D eigenvalue weighted by Crippen LogP contribution is 2.29. The molecule has 0 aliphatic carbocycles. The van der Waals surface area contributed by atoms with Crippen LogP contribution in [0.25, 0.3) is 0 Å². The van der Waals surface area contributed by atoms with E-state index in [1.165, 1.54) is 0 Å². The first-order valence-electron chi connectivity index (χ1n) is 7.01. The number of carboxylic acid groups (broad SMARTS) is 1. The van der Waals surface area contributed by atoms with Gasteiger partial charge in [0.2, 0.25) is 0 Å². The second-order valence-electron chi connectivity index (χ2n) is 5.27. The molecule has 1 fully saturated rings. The van der Waals surface area contributed by atoms with Crippen molar-refractivity contribution in [2.75, 3.05) is 13.1 Å². The Balaban J connectivity index is 1.94. The van der Waals surface area contributed by atoms with Crippen LogP contribution >= 0.6 is 27.5 Å². The first kappa shape index (κ1) is 17.1. The molecule has 1 atom stereocenters. The van der Waals surface area contributed by atoms with Gasteiger partial charge in [-0.15, -0.1) is 0 Å². The minimum Gasteiger partial charge on any atom is -0.481 e. The van der Waals surface area contributed by atoms with E-state index in [0.717, 1.165) is 0 Å². The van der Waals surface area contributed by atoms with Gasteiger partial charge >= 0.3 is 5.97 Å². The molecule has 1 N–H and O–H groups in total. The van der Waals surface area contributed by atoms with Crippen LogP contribution in [0.5, 0.6) is 5.75 Å². The summed E-state index contributed by atoms with van der Waals surface area (Å²) in [6.07, 6.45) is 0.329. The molecule has 1 aliphatic heterocycles. The van der Waals surface area contributed by atoms with Crippen LogP contribution in [0.3, 0.4) is 0 Å². The van der Waals surface area contributed by atoms with Gasteiger partial charge in [0.25, 0.3) is 5.91 Å². The third-order valence-corrected chi connectivity index (χ3v) is 4.56. The molecule has 0 saturated carbocycles. The molecule has 0 spiro atoms. The number of aliphatic carboxylic acids is 1. The summed E-state index contributed by atoms with van der Waals surface area (Å²) in [5, 5.41) is 9.55. The van der Waals surface area contributed by atoms with Gasteiger partial charge in [0.1, 0.15) is 5.75 Å². The molecule has 1 aromatic rings. The van der Waals surface area contributed by atoms with Gasteiger partial charge in [0.05, 0.1) is 10.4 Å². The summed E-state index contributed by atoms with van der Waals surface area (Å²) in [6.45, 7) is 2.59. The second kappa shape index (κ2) is 7.33. The number of carbonyl (C=O) groups is 2. The van der Waals surface area contributed by atoms with Crippen molar-refractivity contribution >= 4 is 39.4 Å². The number of nitrogens with zero attached hydrogens (tertiary/aromatic N) is 1. The SMILES string of the molecule is C[C@H](Oc1ccc(Cl)cc1Br)C(=O)N1CCC(C(=O)O)CC1. The maximum Gasteiger partial charge on any atom is 0.306 e. The average molecular weight is 391 g/mol. The van der Waals surface area contributed by atoms with E-state index in [1.54, 1.807) is 30.0 Å². The molecule has 0 radical (unpaired) electrons. The highest BCUT2D eigenvalue weighted by atomic mass is 79.9. The molecule has 7 heteroatoms. The number of ether oxygens (including phenoxy) is 1. The van der Waals surface area contributed by atoms with E-state index >= 15 is 0 Å². The molecule has 1 aliphatic rings. The average Bonchev–Trinajstić information content (AvgIpc) is 2.49. The number of hydrogen-bond donors (Lipinski definition) is 1. The molecule has 0 aromatic heterocycles. The topological polar surface area (TPSA) is 66.8 Å². The van der Waals surface area contributed by atoms with Crippen LogP contribution in [0.15, 0.2) is 22.7 Å². The molecule has 0 bridgehead atoms. The molecule has 1 saturated heterocycles. The van der Waals surface area contributed by atoms with Gasteiger partial charge in [-0.3, -0.25) is 9.59 Å². The van der Waals surface area contributed by atoms with Crippen LogP contribution in [0.2, 0.25) is 5.02 Å². The predicted octanol–water partition coefficient (Wildman–Crippen LogP) is 3.19. The number of carbonyl (C=O) groups excluding carboxylic acids is 1. The third-order valence-electron chi connectivity index (χ3n) is 3.70. The van der Waals surface area contributed by atoms with E-state index in [2.05, 4.69) is 15.9 Å². The lowest BCUT2D eigenvalue weighted by molar-refractivity contribution is -0.147. The smallest absolute Gasteiger partial charge is 0.306 e. The summed E-state index contributed by atoms with van der Waals surface area (Å²) in [7, 11) is 0. The van der Waals surface area contributed by atoms with Gasteiger partial charge in [0.15, 0.2) is 6.10 Å². The van der Waals surface area contributed by atoms with Crippen molar-refractivity contribution in [1.82, 2.24) is 4.90 Å². The van der Waals surface area contributed by atoms with Crippen molar-refractivity contribution in [2.24, 2.45) is 5.92 Å². The van der Waals surface area contributed by atoms with Crippen molar-refractivity contribution in [1.29, 1.82) is 0 Å². The van der Waals surface area contributed by atoms with Crippen LogP contribution in [-0.4, -0.2) is 41.1 Å². The molecule has 0 unspecified atom stereocenters. The largest absolute Gasteiger partial charge is 0.481 e.